The molecule has 0 bridgehead atoms. The molecule has 2 aromatic rings. The van der Waals surface area contributed by atoms with E-state index in [0.29, 0.717) is 31.2 Å². The number of benzene rings is 1. The van der Waals surface area contributed by atoms with E-state index in [1.807, 2.05) is 19.1 Å². The molecule has 1 aromatic carbocycles. The molecule has 0 fully saturated rings. The van der Waals surface area contributed by atoms with Crippen molar-refractivity contribution in [2.45, 2.75) is 26.6 Å². The Kier molecular flexibility index (Phi) is 3.55. The van der Waals surface area contributed by atoms with Crippen LogP contribution in [0.25, 0.3) is 0 Å². The highest BCUT2D eigenvalue weighted by molar-refractivity contribution is 6.30. The summed E-state index contributed by atoms with van der Waals surface area (Å²) in [6.07, 6.45) is 0. The largest absolute Gasteiger partial charge is 0.346 e. The molecular weight excluding hydrogens is 292 g/mol. The number of aryl methyl sites for hydroxylation is 1. The van der Waals surface area contributed by atoms with Crippen molar-refractivity contribution in [2.75, 3.05) is 6.54 Å². The van der Waals surface area contributed by atoms with Gasteiger partial charge in [-0.2, -0.15) is 0 Å². The molecule has 3 rings (SSSR count). The Morgan fingerprint density at radius 1 is 1.19 bits per heavy atom. The Bertz CT molecular complexity index is 732. The molecule has 7 heteroatoms. The van der Waals surface area contributed by atoms with Gasteiger partial charge < -0.3 is 4.90 Å². The molecule has 2 heterocycles. The van der Waals surface area contributed by atoms with Crippen LogP contribution >= 0.6 is 11.6 Å². The molecule has 1 aromatic heterocycles. The van der Waals surface area contributed by atoms with Gasteiger partial charge in [-0.1, -0.05) is 23.7 Å². The van der Waals surface area contributed by atoms with Gasteiger partial charge >= 0.3 is 5.69 Å². The van der Waals surface area contributed by atoms with E-state index in [2.05, 4.69) is 5.10 Å². The van der Waals surface area contributed by atoms with Gasteiger partial charge in [0.2, 0.25) is 5.82 Å². The van der Waals surface area contributed by atoms with Crippen LogP contribution in [0.2, 0.25) is 5.02 Å². The highest BCUT2D eigenvalue weighted by Crippen LogP contribution is 2.15. The fraction of sp³-hybridized carbons (Fsp3) is 0.357. The summed E-state index contributed by atoms with van der Waals surface area (Å²) in [5, 5.41) is 4.78. The third-order valence-electron chi connectivity index (χ3n) is 3.58. The van der Waals surface area contributed by atoms with Crippen molar-refractivity contribution in [3.63, 3.8) is 0 Å². The van der Waals surface area contributed by atoms with Crippen molar-refractivity contribution in [1.82, 2.24) is 19.2 Å². The molecule has 0 atom stereocenters. The van der Waals surface area contributed by atoms with Gasteiger partial charge in [-0.15, -0.1) is 5.10 Å². The average molecular weight is 307 g/mol. The highest BCUT2D eigenvalue weighted by atomic mass is 35.5. The molecule has 21 heavy (non-hydrogen) atoms. The fourth-order valence-electron chi connectivity index (χ4n) is 2.43. The second kappa shape index (κ2) is 5.37. The van der Waals surface area contributed by atoms with Gasteiger partial charge in [0.25, 0.3) is 5.91 Å². The Labute approximate surface area is 126 Å². The first kappa shape index (κ1) is 13.9. The van der Waals surface area contributed by atoms with E-state index in [9.17, 15) is 9.59 Å². The number of amides is 1. The van der Waals surface area contributed by atoms with E-state index < -0.39 is 0 Å². The molecule has 110 valence electrons. The fourth-order valence-corrected chi connectivity index (χ4v) is 2.56. The Balaban J connectivity index is 1.85. The zero-order valence-corrected chi connectivity index (χ0v) is 12.4. The third kappa shape index (κ3) is 2.47. The minimum atomic E-state index is -0.216. The van der Waals surface area contributed by atoms with Crippen LogP contribution in [0, 0.1) is 0 Å². The first-order valence-corrected chi connectivity index (χ1v) is 7.19. The summed E-state index contributed by atoms with van der Waals surface area (Å²) in [6, 6.07) is 7.38. The molecule has 1 aliphatic rings. The maximum Gasteiger partial charge on any atom is 0.346 e. The first-order chi connectivity index (χ1) is 10.1. The molecule has 6 nitrogen and oxygen atoms in total. The number of rotatable bonds is 3. The van der Waals surface area contributed by atoms with Crippen LogP contribution in [-0.2, 0) is 19.6 Å². The maximum absolute atomic E-state index is 12.4. The third-order valence-corrected chi connectivity index (χ3v) is 3.83. The quantitative estimate of drug-likeness (QED) is 0.860. The maximum atomic E-state index is 12.4. The van der Waals surface area contributed by atoms with Gasteiger partial charge in [0.1, 0.15) is 0 Å². The van der Waals surface area contributed by atoms with Crippen molar-refractivity contribution in [3.05, 3.63) is 51.2 Å². The van der Waals surface area contributed by atoms with Crippen LogP contribution in [0.1, 0.15) is 23.1 Å². The monoisotopic (exact) mass is 306 g/mol. The standard InChI is InChI=1S/C14H15ClN4O2/c1-2-19-14(21)18-8-7-17(13(20)12(18)16-19)9-10-3-5-11(15)6-4-10/h3-6H,2,7-9H2,1H3. The first-order valence-electron chi connectivity index (χ1n) is 6.81. The van der Waals surface area contributed by atoms with E-state index >= 15 is 0 Å². The van der Waals surface area contributed by atoms with Crippen molar-refractivity contribution in [1.29, 1.82) is 0 Å². The predicted octanol–water partition coefficient (Wildman–Crippen LogP) is 1.37. The van der Waals surface area contributed by atoms with Gasteiger partial charge in [0, 0.05) is 31.2 Å². The average Bonchev–Trinajstić information content (AvgIpc) is 2.82. The normalized spacial score (nSPS) is 14.4. The second-order valence-corrected chi connectivity index (χ2v) is 5.36. The molecule has 1 aliphatic heterocycles. The van der Waals surface area contributed by atoms with Crippen molar-refractivity contribution < 1.29 is 4.79 Å². The van der Waals surface area contributed by atoms with Crippen LogP contribution in [0.4, 0.5) is 0 Å². The summed E-state index contributed by atoms with van der Waals surface area (Å²) >= 11 is 5.85. The zero-order valence-electron chi connectivity index (χ0n) is 11.6. The molecular formula is C14H15ClN4O2. The second-order valence-electron chi connectivity index (χ2n) is 4.93. The van der Waals surface area contributed by atoms with E-state index in [0.717, 1.165) is 5.56 Å². The van der Waals surface area contributed by atoms with Crippen LogP contribution in [-0.4, -0.2) is 31.7 Å². The summed E-state index contributed by atoms with van der Waals surface area (Å²) in [6.45, 7) is 3.76. The summed E-state index contributed by atoms with van der Waals surface area (Å²) in [7, 11) is 0. The Morgan fingerprint density at radius 2 is 1.90 bits per heavy atom. The minimum absolute atomic E-state index is 0.208. The van der Waals surface area contributed by atoms with E-state index in [1.165, 1.54) is 9.25 Å². The zero-order chi connectivity index (χ0) is 15.0. The lowest BCUT2D eigenvalue weighted by Gasteiger charge is -2.26. The predicted molar refractivity (Wildman–Crippen MR) is 78.4 cm³/mol. The number of hydrogen-bond acceptors (Lipinski definition) is 3. The van der Waals surface area contributed by atoms with Crippen molar-refractivity contribution in [3.8, 4) is 0 Å². The van der Waals surface area contributed by atoms with Gasteiger partial charge in [-0.3, -0.25) is 9.36 Å². The summed E-state index contributed by atoms with van der Waals surface area (Å²) in [5.41, 5.74) is 0.783. The molecule has 1 amide bonds. The Morgan fingerprint density at radius 3 is 2.57 bits per heavy atom. The topological polar surface area (TPSA) is 60.1 Å². The van der Waals surface area contributed by atoms with Crippen LogP contribution in [0.15, 0.2) is 29.1 Å². The number of aromatic nitrogens is 3. The molecule has 0 spiro atoms. The summed E-state index contributed by atoms with van der Waals surface area (Å²) < 4.78 is 2.77. The minimum Gasteiger partial charge on any atom is -0.330 e. The van der Waals surface area contributed by atoms with Crippen LogP contribution < -0.4 is 5.69 Å². The molecule has 0 radical (unpaired) electrons. The SMILES string of the molecule is CCn1nc2n(c1=O)CCN(Cc1ccc(Cl)cc1)C2=O. The Hall–Kier alpha value is -2.08. The summed E-state index contributed by atoms with van der Waals surface area (Å²) in [4.78, 5) is 26.1. The van der Waals surface area contributed by atoms with Gasteiger partial charge in [0.05, 0.1) is 0 Å². The lowest BCUT2D eigenvalue weighted by atomic mass is 10.2. The molecule has 0 unspecified atom stereocenters. The number of halogens is 1. The molecule has 0 saturated heterocycles. The molecule has 0 aliphatic carbocycles. The van der Waals surface area contributed by atoms with E-state index in [-0.39, 0.29) is 17.4 Å². The van der Waals surface area contributed by atoms with Crippen LogP contribution in [0.5, 0.6) is 0 Å². The van der Waals surface area contributed by atoms with Crippen molar-refractivity contribution >= 4 is 17.5 Å². The van der Waals surface area contributed by atoms with Crippen LogP contribution in [0.3, 0.4) is 0 Å². The highest BCUT2D eigenvalue weighted by Gasteiger charge is 2.29. The van der Waals surface area contributed by atoms with Gasteiger partial charge in [-0.05, 0) is 24.6 Å². The lowest BCUT2D eigenvalue weighted by Crippen LogP contribution is -2.42. The summed E-state index contributed by atoms with van der Waals surface area (Å²) in [5.74, 6) is 0.0163. The lowest BCUT2D eigenvalue weighted by molar-refractivity contribution is 0.0681. The molecule has 0 saturated carbocycles. The van der Waals surface area contributed by atoms with Crippen molar-refractivity contribution in [2.24, 2.45) is 0 Å². The van der Waals surface area contributed by atoms with Gasteiger partial charge in [0.15, 0.2) is 0 Å². The van der Waals surface area contributed by atoms with Gasteiger partial charge in [-0.25, -0.2) is 9.48 Å². The number of carbonyl (C=O) groups excluding carboxylic acids is 1. The number of fused-ring (bicyclic) bond motifs is 1. The number of nitrogens with zero attached hydrogens (tertiary/aromatic N) is 4. The van der Waals surface area contributed by atoms with E-state index in [4.69, 9.17) is 11.6 Å². The number of carbonyl (C=O) groups is 1. The van der Waals surface area contributed by atoms with E-state index in [1.54, 1.807) is 17.0 Å². The molecule has 0 N–H and O–H groups in total. The smallest absolute Gasteiger partial charge is 0.330 e. The number of hydrogen-bond donors (Lipinski definition) is 0.